The summed E-state index contributed by atoms with van der Waals surface area (Å²) in [5.41, 5.74) is 0.816. The van der Waals surface area contributed by atoms with Crippen LogP contribution in [0.5, 0.6) is 0 Å². The number of benzene rings is 1. The van der Waals surface area contributed by atoms with Crippen LogP contribution in [0.4, 0.5) is 4.39 Å². The van der Waals surface area contributed by atoms with Gasteiger partial charge < -0.3 is 15.7 Å². The average molecular weight is 372 g/mol. The van der Waals surface area contributed by atoms with Gasteiger partial charge >= 0.3 is 0 Å². The number of aliphatic imine (C=N–C) groups is 1. The molecule has 0 aliphatic heterocycles. The van der Waals surface area contributed by atoms with E-state index in [-0.39, 0.29) is 11.9 Å². The lowest BCUT2D eigenvalue weighted by Gasteiger charge is -2.27. The smallest absolute Gasteiger partial charge is 0.191 e. The van der Waals surface area contributed by atoms with E-state index < -0.39 is 0 Å². The molecule has 0 radical (unpaired) electrons. The van der Waals surface area contributed by atoms with Gasteiger partial charge in [-0.1, -0.05) is 15.9 Å². The highest BCUT2D eigenvalue weighted by Gasteiger charge is 2.19. The largest absolute Gasteiger partial charge is 0.393 e. The number of hydrogen-bond donors (Lipinski definition) is 3. The first-order valence-electron chi connectivity index (χ1n) is 7.75. The molecule has 0 bridgehead atoms. The lowest BCUT2D eigenvalue weighted by Crippen LogP contribution is -2.45. The Morgan fingerprint density at radius 2 is 2.09 bits per heavy atom. The maximum absolute atomic E-state index is 13.3. The molecule has 2 rings (SSSR count). The Balaban J connectivity index is 1.98. The van der Waals surface area contributed by atoms with Gasteiger partial charge in [0.25, 0.3) is 0 Å². The van der Waals surface area contributed by atoms with Gasteiger partial charge in [-0.15, -0.1) is 0 Å². The molecule has 0 spiro atoms. The molecule has 1 aromatic rings. The summed E-state index contributed by atoms with van der Waals surface area (Å²) in [6, 6.07) is 4.95. The highest BCUT2D eigenvalue weighted by Crippen LogP contribution is 2.20. The molecule has 0 unspecified atom stereocenters. The van der Waals surface area contributed by atoms with Crippen LogP contribution in [0.3, 0.4) is 0 Å². The molecular formula is C16H23BrFN3O. The minimum absolute atomic E-state index is 0.166. The van der Waals surface area contributed by atoms with Crippen molar-refractivity contribution in [2.24, 2.45) is 4.99 Å². The van der Waals surface area contributed by atoms with Crippen LogP contribution in [0.1, 0.15) is 38.2 Å². The molecular weight excluding hydrogens is 349 g/mol. The number of aliphatic hydroxyl groups is 1. The minimum atomic E-state index is -0.257. The molecule has 0 heterocycles. The van der Waals surface area contributed by atoms with E-state index in [0.717, 1.165) is 48.2 Å². The first-order chi connectivity index (χ1) is 10.6. The second kappa shape index (κ2) is 8.48. The van der Waals surface area contributed by atoms with Gasteiger partial charge in [0.1, 0.15) is 5.82 Å². The zero-order valence-corrected chi connectivity index (χ0v) is 14.4. The van der Waals surface area contributed by atoms with E-state index in [0.29, 0.717) is 12.6 Å². The number of hydrogen-bond acceptors (Lipinski definition) is 2. The Morgan fingerprint density at radius 1 is 1.36 bits per heavy atom. The number of guanidine groups is 1. The Hall–Kier alpha value is -1.14. The van der Waals surface area contributed by atoms with Gasteiger partial charge in [-0.3, -0.25) is 0 Å². The summed E-state index contributed by atoms with van der Waals surface area (Å²) in [5, 5.41) is 16.2. The van der Waals surface area contributed by atoms with Crippen LogP contribution in [-0.4, -0.2) is 29.8 Å². The van der Waals surface area contributed by atoms with E-state index in [1.54, 1.807) is 6.07 Å². The van der Waals surface area contributed by atoms with Crippen molar-refractivity contribution < 1.29 is 9.50 Å². The summed E-state index contributed by atoms with van der Waals surface area (Å²) in [6.07, 6.45) is 3.37. The number of rotatable bonds is 4. The first-order valence-corrected chi connectivity index (χ1v) is 8.54. The normalized spacial score (nSPS) is 22.5. The Bertz CT molecular complexity index is 516. The number of aliphatic hydroxyl groups excluding tert-OH is 1. The maximum Gasteiger partial charge on any atom is 0.191 e. The molecule has 1 aromatic carbocycles. The average Bonchev–Trinajstić information content (AvgIpc) is 2.50. The summed E-state index contributed by atoms with van der Waals surface area (Å²) >= 11 is 3.42. The van der Waals surface area contributed by atoms with Crippen molar-refractivity contribution in [1.82, 2.24) is 10.6 Å². The molecule has 22 heavy (non-hydrogen) atoms. The molecule has 0 amide bonds. The van der Waals surface area contributed by atoms with Crippen molar-refractivity contribution in [2.45, 2.75) is 51.3 Å². The fourth-order valence-corrected chi connectivity index (χ4v) is 2.93. The van der Waals surface area contributed by atoms with Crippen LogP contribution < -0.4 is 10.6 Å². The fraction of sp³-hybridized carbons (Fsp3) is 0.562. The van der Waals surface area contributed by atoms with Gasteiger partial charge in [-0.2, -0.15) is 0 Å². The molecule has 1 saturated carbocycles. The zero-order chi connectivity index (χ0) is 15.9. The summed E-state index contributed by atoms with van der Waals surface area (Å²) in [6.45, 7) is 3.19. The van der Waals surface area contributed by atoms with Gasteiger partial charge in [0, 0.05) is 17.1 Å². The van der Waals surface area contributed by atoms with Gasteiger partial charge in [0.2, 0.25) is 0 Å². The van der Waals surface area contributed by atoms with E-state index in [2.05, 4.69) is 31.6 Å². The van der Waals surface area contributed by atoms with Crippen LogP contribution in [0.25, 0.3) is 0 Å². The molecule has 1 aliphatic rings. The molecule has 1 aliphatic carbocycles. The van der Waals surface area contributed by atoms with Crippen LogP contribution in [0.15, 0.2) is 27.7 Å². The quantitative estimate of drug-likeness (QED) is 0.563. The van der Waals surface area contributed by atoms with E-state index >= 15 is 0 Å². The predicted octanol–water partition coefficient (Wildman–Crippen LogP) is 2.95. The van der Waals surface area contributed by atoms with Crippen LogP contribution in [0, 0.1) is 5.82 Å². The van der Waals surface area contributed by atoms with Crippen molar-refractivity contribution in [3.05, 3.63) is 34.1 Å². The van der Waals surface area contributed by atoms with Crippen molar-refractivity contribution in [3.63, 3.8) is 0 Å². The Labute approximate surface area is 139 Å². The minimum Gasteiger partial charge on any atom is -0.393 e. The summed E-state index contributed by atoms with van der Waals surface area (Å²) < 4.78 is 14.2. The molecule has 1 fully saturated rings. The topological polar surface area (TPSA) is 56.7 Å². The first kappa shape index (κ1) is 17.2. The summed E-state index contributed by atoms with van der Waals surface area (Å²) in [4.78, 5) is 4.53. The van der Waals surface area contributed by atoms with Crippen molar-refractivity contribution in [2.75, 3.05) is 6.54 Å². The van der Waals surface area contributed by atoms with Crippen LogP contribution >= 0.6 is 15.9 Å². The standard InChI is InChI=1S/C16H23BrFN3O/c1-2-19-16(21-13-4-6-14(22)7-5-13)20-10-11-9-12(18)3-8-15(11)17/h3,8-9,13-14,22H,2,4-7,10H2,1H3,(H2,19,20,21). The molecule has 4 nitrogen and oxygen atoms in total. The Morgan fingerprint density at radius 3 is 2.77 bits per heavy atom. The lowest BCUT2D eigenvalue weighted by atomic mass is 9.93. The molecule has 0 saturated heterocycles. The van der Waals surface area contributed by atoms with Gasteiger partial charge in [-0.25, -0.2) is 9.38 Å². The SMILES string of the molecule is CCNC(=NCc1cc(F)ccc1Br)NC1CCC(O)CC1. The lowest BCUT2D eigenvalue weighted by molar-refractivity contribution is 0.120. The van der Waals surface area contributed by atoms with Gasteiger partial charge in [-0.05, 0) is 56.4 Å². The fourth-order valence-electron chi connectivity index (χ4n) is 2.56. The number of nitrogens with one attached hydrogen (secondary N) is 2. The van der Waals surface area contributed by atoms with E-state index in [1.807, 2.05) is 6.92 Å². The molecule has 0 atom stereocenters. The number of halogens is 2. The summed E-state index contributed by atoms with van der Waals surface area (Å²) in [5.74, 6) is 0.479. The second-order valence-corrected chi connectivity index (χ2v) is 6.44. The van der Waals surface area contributed by atoms with Gasteiger partial charge in [0.05, 0.1) is 12.6 Å². The number of nitrogens with zero attached hydrogens (tertiary/aromatic N) is 1. The Kier molecular flexibility index (Phi) is 6.64. The molecule has 0 aromatic heterocycles. The molecule has 6 heteroatoms. The third-order valence-electron chi connectivity index (χ3n) is 3.80. The summed E-state index contributed by atoms with van der Waals surface area (Å²) in [7, 11) is 0. The van der Waals surface area contributed by atoms with Crippen molar-refractivity contribution >= 4 is 21.9 Å². The zero-order valence-electron chi connectivity index (χ0n) is 12.8. The third-order valence-corrected chi connectivity index (χ3v) is 4.57. The molecule has 122 valence electrons. The maximum atomic E-state index is 13.3. The van der Waals surface area contributed by atoms with Crippen LogP contribution in [-0.2, 0) is 6.54 Å². The van der Waals surface area contributed by atoms with E-state index in [4.69, 9.17) is 0 Å². The van der Waals surface area contributed by atoms with Crippen molar-refractivity contribution in [3.8, 4) is 0 Å². The van der Waals surface area contributed by atoms with Crippen molar-refractivity contribution in [1.29, 1.82) is 0 Å². The second-order valence-electron chi connectivity index (χ2n) is 5.58. The van der Waals surface area contributed by atoms with E-state index in [9.17, 15) is 9.50 Å². The van der Waals surface area contributed by atoms with Crippen LogP contribution in [0.2, 0.25) is 0 Å². The van der Waals surface area contributed by atoms with Gasteiger partial charge in [0.15, 0.2) is 5.96 Å². The molecule has 3 N–H and O–H groups in total. The highest BCUT2D eigenvalue weighted by molar-refractivity contribution is 9.10. The predicted molar refractivity (Wildman–Crippen MR) is 90.3 cm³/mol. The third kappa shape index (κ3) is 5.25. The monoisotopic (exact) mass is 371 g/mol. The van der Waals surface area contributed by atoms with E-state index in [1.165, 1.54) is 12.1 Å². The highest BCUT2D eigenvalue weighted by atomic mass is 79.9.